The molecular formula is C17H11FN6O. The highest BCUT2D eigenvalue weighted by Crippen LogP contribution is 2.26. The van der Waals surface area contributed by atoms with Crippen molar-refractivity contribution in [3.8, 4) is 17.6 Å². The maximum absolute atomic E-state index is 13.7. The summed E-state index contributed by atoms with van der Waals surface area (Å²) in [6.07, 6.45) is 1.61. The van der Waals surface area contributed by atoms with Crippen molar-refractivity contribution in [2.75, 3.05) is 0 Å². The molecule has 0 N–H and O–H groups in total. The first-order valence-corrected chi connectivity index (χ1v) is 7.46. The molecule has 0 atom stereocenters. The summed E-state index contributed by atoms with van der Waals surface area (Å²) >= 11 is 0. The number of fused-ring (bicyclic) bond motifs is 1. The van der Waals surface area contributed by atoms with E-state index in [0.717, 1.165) is 5.56 Å². The Morgan fingerprint density at radius 2 is 2.12 bits per heavy atom. The van der Waals surface area contributed by atoms with Crippen LogP contribution in [0.5, 0.6) is 0 Å². The minimum atomic E-state index is -0.354. The smallest absolute Gasteiger partial charge is 0.173 e. The molecule has 122 valence electrons. The van der Waals surface area contributed by atoms with Crippen LogP contribution >= 0.6 is 0 Å². The summed E-state index contributed by atoms with van der Waals surface area (Å²) in [5.74, 6) is 0.178. The van der Waals surface area contributed by atoms with Gasteiger partial charge in [-0.05, 0) is 41.9 Å². The average Bonchev–Trinajstić information content (AvgIpc) is 3.19. The van der Waals surface area contributed by atoms with Gasteiger partial charge >= 0.3 is 0 Å². The number of nitriles is 1. The van der Waals surface area contributed by atoms with Crippen LogP contribution in [0.2, 0.25) is 0 Å². The number of hydrogen-bond donors (Lipinski definition) is 0. The predicted molar refractivity (Wildman–Crippen MR) is 85.8 cm³/mol. The summed E-state index contributed by atoms with van der Waals surface area (Å²) in [5, 5.41) is 16.6. The van der Waals surface area contributed by atoms with Gasteiger partial charge in [0.25, 0.3) is 0 Å². The van der Waals surface area contributed by atoms with E-state index in [1.807, 2.05) is 10.6 Å². The first-order chi connectivity index (χ1) is 12.2. The molecule has 1 aromatic carbocycles. The van der Waals surface area contributed by atoms with Gasteiger partial charge in [0.2, 0.25) is 0 Å². The monoisotopic (exact) mass is 334 g/mol. The lowest BCUT2D eigenvalue weighted by atomic mass is 10.2. The third kappa shape index (κ3) is 2.61. The molecule has 8 heteroatoms. The second-order valence-electron chi connectivity index (χ2n) is 5.52. The molecule has 0 spiro atoms. The molecule has 0 saturated heterocycles. The fourth-order valence-corrected chi connectivity index (χ4v) is 2.64. The summed E-state index contributed by atoms with van der Waals surface area (Å²) in [6.45, 7) is 2.15. The molecule has 0 aliphatic rings. The van der Waals surface area contributed by atoms with Gasteiger partial charge in [-0.2, -0.15) is 5.26 Å². The van der Waals surface area contributed by atoms with Crippen LogP contribution < -0.4 is 0 Å². The van der Waals surface area contributed by atoms with Crippen molar-refractivity contribution >= 4 is 11.0 Å². The normalized spacial score (nSPS) is 10.9. The Balaban J connectivity index is 1.88. The minimum absolute atomic E-state index is 0.335. The number of rotatable bonds is 3. The highest BCUT2D eigenvalue weighted by Gasteiger charge is 2.19. The average molecular weight is 334 g/mol. The maximum Gasteiger partial charge on any atom is 0.173 e. The van der Waals surface area contributed by atoms with Crippen molar-refractivity contribution < 1.29 is 9.02 Å². The van der Waals surface area contributed by atoms with Gasteiger partial charge in [-0.1, -0.05) is 11.2 Å². The number of halogens is 1. The zero-order valence-electron chi connectivity index (χ0n) is 13.1. The molecule has 0 aliphatic heterocycles. The van der Waals surface area contributed by atoms with E-state index < -0.39 is 0 Å². The van der Waals surface area contributed by atoms with E-state index in [-0.39, 0.29) is 5.82 Å². The number of aryl methyl sites for hydroxylation is 1. The van der Waals surface area contributed by atoms with E-state index in [1.165, 1.54) is 12.1 Å². The lowest BCUT2D eigenvalue weighted by Gasteiger charge is -2.08. The molecule has 0 saturated carbocycles. The van der Waals surface area contributed by atoms with Crippen LogP contribution in [0.4, 0.5) is 4.39 Å². The number of imidazole rings is 1. The van der Waals surface area contributed by atoms with E-state index in [0.29, 0.717) is 40.5 Å². The highest BCUT2D eigenvalue weighted by atomic mass is 19.1. The molecule has 0 aliphatic carbocycles. The molecule has 0 fully saturated rings. The van der Waals surface area contributed by atoms with Crippen LogP contribution in [-0.2, 0) is 6.54 Å². The molecule has 0 unspecified atom stereocenters. The van der Waals surface area contributed by atoms with Gasteiger partial charge < -0.3 is 4.57 Å². The van der Waals surface area contributed by atoms with Crippen molar-refractivity contribution in [3.05, 3.63) is 59.3 Å². The number of hydrogen-bond acceptors (Lipinski definition) is 6. The SMILES string of the molecule is Cc1nonc1-c1nc2ccc(F)cc2n1Cc1ccc(C#N)nc1. The summed E-state index contributed by atoms with van der Waals surface area (Å²) in [7, 11) is 0. The quantitative estimate of drug-likeness (QED) is 0.572. The molecule has 4 aromatic rings. The van der Waals surface area contributed by atoms with Crippen molar-refractivity contribution in [3.63, 3.8) is 0 Å². The second-order valence-corrected chi connectivity index (χ2v) is 5.52. The van der Waals surface area contributed by atoms with Crippen LogP contribution in [0.1, 0.15) is 17.0 Å². The van der Waals surface area contributed by atoms with Gasteiger partial charge in [-0.15, -0.1) is 0 Å². The Morgan fingerprint density at radius 3 is 2.80 bits per heavy atom. The number of nitrogens with zero attached hydrogens (tertiary/aromatic N) is 6. The minimum Gasteiger partial charge on any atom is -0.318 e. The Morgan fingerprint density at radius 1 is 1.24 bits per heavy atom. The second kappa shape index (κ2) is 5.79. The zero-order chi connectivity index (χ0) is 17.4. The van der Waals surface area contributed by atoms with Gasteiger partial charge in [0.1, 0.15) is 23.3 Å². The first-order valence-electron chi connectivity index (χ1n) is 7.46. The summed E-state index contributed by atoms with van der Waals surface area (Å²) in [5.41, 5.74) is 3.54. The number of pyridine rings is 1. The Hall–Kier alpha value is -3.60. The van der Waals surface area contributed by atoms with Crippen molar-refractivity contribution in [1.82, 2.24) is 24.8 Å². The zero-order valence-corrected chi connectivity index (χ0v) is 13.1. The van der Waals surface area contributed by atoms with E-state index in [9.17, 15) is 4.39 Å². The summed E-state index contributed by atoms with van der Waals surface area (Å²) < 4.78 is 20.4. The fourth-order valence-electron chi connectivity index (χ4n) is 2.64. The van der Waals surface area contributed by atoms with Crippen LogP contribution in [0, 0.1) is 24.1 Å². The van der Waals surface area contributed by atoms with E-state index >= 15 is 0 Å². The third-order valence-corrected chi connectivity index (χ3v) is 3.85. The lowest BCUT2D eigenvalue weighted by molar-refractivity contribution is 0.305. The van der Waals surface area contributed by atoms with Crippen molar-refractivity contribution in [1.29, 1.82) is 5.26 Å². The molecule has 25 heavy (non-hydrogen) atoms. The van der Waals surface area contributed by atoms with Gasteiger partial charge in [0.15, 0.2) is 11.5 Å². The van der Waals surface area contributed by atoms with E-state index in [4.69, 9.17) is 9.89 Å². The van der Waals surface area contributed by atoms with Crippen LogP contribution in [0.15, 0.2) is 41.2 Å². The van der Waals surface area contributed by atoms with E-state index in [1.54, 1.807) is 31.3 Å². The molecule has 0 bridgehead atoms. The third-order valence-electron chi connectivity index (χ3n) is 3.85. The number of benzene rings is 1. The molecule has 3 aromatic heterocycles. The van der Waals surface area contributed by atoms with Crippen molar-refractivity contribution in [2.24, 2.45) is 0 Å². The van der Waals surface area contributed by atoms with Crippen LogP contribution in [0.25, 0.3) is 22.6 Å². The van der Waals surface area contributed by atoms with Crippen LogP contribution in [0.3, 0.4) is 0 Å². The number of aromatic nitrogens is 5. The summed E-state index contributed by atoms with van der Waals surface area (Å²) in [4.78, 5) is 8.62. The topological polar surface area (TPSA) is 93.4 Å². The molecule has 4 rings (SSSR count). The Bertz CT molecular complexity index is 1110. The van der Waals surface area contributed by atoms with Crippen LogP contribution in [-0.4, -0.2) is 24.8 Å². The molecule has 0 amide bonds. The van der Waals surface area contributed by atoms with Crippen molar-refractivity contribution in [2.45, 2.75) is 13.5 Å². The molecule has 0 radical (unpaired) electrons. The Kier molecular flexibility index (Phi) is 3.47. The van der Waals surface area contributed by atoms with E-state index in [2.05, 4.69) is 20.3 Å². The molecular weight excluding hydrogens is 323 g/mol. The fraction of sp³-hybridized carbons (Fsp3) is 0.118. The van der Waals surface area contributed by atoms with Gasteiger partial charge in [0.05, 0.1) is 17.6 Å². The lowest BCUT2D eigenvalue weighted by Crippen LogP contribution is -2.04. The standard InChI is InChI=1S/C17H11FN6O/c1-10-16(23-25-22-10)17-21-14-5-3-12(18)6-15(14)24(17)9-11-2-4-13(7-19)20-8-11/h2-6,8H,9H2,1H3. The summed E-state index contributed by atoms with van der Waals surface area (Å²) in [6, 6.07) is 9.82. The van der Waals surface area contributed by atoms with Gasteiger partial charge in [-0.3, -0.25) is 0 Å². The molecule has 3 heterocycles. The highest BCUT2D eigenvalue weighted by molar-refractivity contribution is 5.80. The molecule has 7 nitrogen and oxygen atoms in total. The van der Waals surface area contributed by atoms with Gasteiger partial charge in [-0.25, -0.2) is 19.0 Å². The Labute approximate surface area is 141 Å². The van der Waals surface area contributed by atoms with Gasteiger partial charge in [0, 0.05) is 6.20 Å². The maximum atomic E-state index is 13.7. The first kappa shape index (κ1) is 15.0. The predicted octanol–water partition coefficient (Wildman–Crippen LogP) is 2.85. The largest absolute Gasteiger partial charge is 0.318 e.